The van der Waals surface area contributed by atoms with Crippen molar-refractivity contribution in [1.82, 2.24) is 0 Å². The molecule has 4 rings (SSSR count). The minimum absolute atomic E-state index is 0.0268. The lowest BCUT2D eigenvalue weighted by Gasteiger charge is -2.26. The van der Waals surface area contributed by atoms with Gasteiger partial charge in [-0.15, -0.1) is 0 Å². The van der Waals surface area contributed by atoms with Crippen LogP contribution in [-0.2, 0) is 4.79 Å². The molecule has 0 aliphatic carbocycles. The highest BCUT2D eigenvalue weighted by Gasteiger charge is 2.29. The van der Waals surface area contributed by atoms with Crippen LogP contribution < -0.4 is 15.4 Å². The predicted molar refractivity (Wildman–Crippen MR) is 99.2 cm³/mol. The molecule has 28 heavy (non-hydrogen) atoms. The first-order chi connectivity index (χ1) is 13.5. The standard InChI is InChI=1S/C21H14F2N2O3/c22-15-8-6-13(10-16(15)23)20(26)24-14-7-9-18-17(11-14)25-21(27)19(28-18)12-4-2-1-3-5-12/h1-11,19H,(H,24,26)(H,25,27). The van der Waals surface area contributed by atoms with Crippen LogP contribution in [0.15, 0.2) is 66.7 Å². The second-order valence-electron chi connectivity index (χ2n) is 6.19. The van der Waals surface area contributed by atoms with E-state index < -0.39 is 23.6 Å². The lowest BCUT2D eigenvalue weighted by atomic mass is 10.1. The van der Waals surface area contributed by atoms with E-state index >= 15 is 0 Å². The van der Waals surface area contributed by atoms with Gasteiger partial charge in [-0.3, -0.25) is 9.59 Å². The number of fused-ring (bicyclic) bond motifs is 1. The number of rotatable bonds is 3. The molecule has 140 valence electrons. The first-order valence-electron chi connectivity index (χ1n) is 8.44. The molecule has 1 aliphatic heterocycles. The molecule has 1 unspecified atom stereocenters. The Morgan fingerprint density at radius 3 is 2.50 bits per heavy atom. The highest BCUT2D eigenvalue weighted by molar-refractivity contribution is 6.05. The molecule has 0 bridgehead atoms. The minimum Gasteiger partial charge on any atom is -0.474 e. The zero-order chi connectivity index (χ0) is 19.7. The van der Waals surface area contributed by atoms with Crippen molar-refractivity contribution >= 4 is 23.2 Å². The highest BCUT2D eigenvalue weighted by atomic mass is 19.2. The van der Waals surface area contributed by atoms with Gasteiger partial charge in [0.15, 0.2) is 11.6 Å². The third-order valence-electron chi connectivity index (χ3n) is 4.26. The van der Waals surface area contributed by atoms with E-state index in [1.165, 1.54) is 12.1 Å². The van der Waals surface area contributed by atoms with E-state index in [0.717, 1.165) is 17.7 Å². The molecule has 1 atom stereocenters. The molecule has 0 saturated carbocycles. The smallest absolute Gasteiger partial charge is 0.270 e. The van der Waals surface area contributed by atoms with Crippen molar-refractivity contribution in [3.8, 4) is 5.75 Å². The summed E-state index contributed by atoms with van der Waals surface area (Å²) < 4.78 is 32.1. The topological polar surface area (TPSA) is 67.4 Å². The third-order valence-corrected chi connectivity index (χ3v) is 4.26. The molecule has 1 aliphatic rings. The van der Waals surface area contributed by atoms with Crippen LogP contribution in [0, 0.1) is 11.6 Å². The van der Waals surface area contributed by atoms with Gasteiger partial charge in [0, 0.05) is 16.8 Å². The number of nitrogens with one attached hydrogen (secondary N) is 2. The van der Waals surface area contributed by atoms with Crippen LogP contribution in [-0.4, -0.2) is 11.8 Å². The quantitative estimate of drug-likeness (QED) is 0.712. The number of ether oxygens (including phenoxy) is 1. The molecule has 3 aromatic carbocycles. The van der Waals surface area contributed by atoms with Gasteiger partial charge in [-0.2, -0.15) is 0 Å². The molecular formula is C21H14F2N2O3. The zero-order valence-corrected chi connectivity index (χ0v) is 14.4. The summed E-state index contributed by atoms with van der Waals surface area (Å²) in [6.45, 7) is 0. The molecule has 5 nitrogen and oxygen atoms in total. The Kier molecular flexibility index (Phi) is 4.49. The number of carbonyl (C=O) groups excluding carboxylic acids is 2. The lowest BCUT2D eigenvalue weighted by molar-refractivity contribution is -0.123. The average Bonchev–Trinajstić information content (AvgIpc) is 2.70. The number of hydrogen-bond acceptors (Lipinski definition) is 3. The van der Waals surface area contributed by atoms with Crippen molar-refractivity contribution in [2.45, 2.75) is 6.10 Å². The fraction of sp³-hybridized carbons (Fsp3) is 0.0476. The molecule has 2 N–H and O–H groups in total. The fourth-order valence-corrected chi connectivity index (χ4v) is 2.87. The van der Waals surface area contributed by atoms with Crippen LogP contribution in [0.25, 0.3) is 0 Å². The van der Waals surface area contributed by atoms with Crippen molar-refractivity contribution in [3.05, 3.63) is 89.5 Å². The maximum Gasteiger partial charge on any atom is 0.270 e. The largest absolute Gasteiger partial charge is 0.474 e. The van der Waals surface area contributed by atoms with Crippen LogP contribution in [0.4, 0.5) is 20.2 Å². The van der Waals surface area contributed by atoms with E-state index in [1.807, 2.05) is 18.2 Å². The van der Waals surface area contributed by atoms with E-state index in [2.05, 4.69) is 10.6 Å². The molecule has 0 radical (unpaired) electrons. The van der Waals surface area contributed by atoms with E-state index in [4.69, 9.17) is 4.74 Å². The van der Waals surface area contributed by atoms with Crippen molar-refractivity contribution in [2.75, 3.05) is 10.6 Å². The van der Waals surface area contributed by atoms with Crippen LogP contribution >= 0.6 is 0 Å². The summed E-state index contributed by atoms with van der Waals surface area (Å²) in [5, 5.41) is 5.33. The van der Waals surface area contributed by atoms with Gasteiger partial charge in [-0.25, -0.2) is 8.78 Å². The van der Waals surface area contributed by atoms with E-state index in [1.54, 1.807) is 24.3 Å². The summed E-state index contributed by atoms with van der Waals surface area (Å²) in [7, 11) is 0. The van der Waals surface area contributed by atoms with Crippen LogP contribution in [0.2, 0.25) is 0 Å². The van der Waals surface area contributed by atoms with Crippen LogP contribution in [0.1, 0.15) is 22.0 Å². The van der Waals surface area contributed by atoms with Crippen LogP contribution in [0.3, 0.4) is 0 Å². The van der Waals surface area contributed by atoms with Crippen molar-refractivity contribution in [1.29, 1.82) is 0 Å². The molecule has 2 amide bonds. The molecule has 0 fully saturated rings. The monoisotopic (exact) mass is 380 g/mol. The van der Waals surface area contributed by atoms with Crippen molar-refractivity contribution in [2.24, 2.45) is 0 Å². The second-order valence-corrected chi connectivity index (χ2v) is 6.19. The number of carbonyl (C=O) groups is 2. The summed E-state index contributed by atoms with van der Waals surface area (Å²) >= 11 is 0. The predicted octanol–water partition coefficient (Wildman–Crippen LogP) is 4.29. The first kappa shape index (κ1) is 17.7. The summed E-state index contributed by atoms with van der Waals surface area (Å²) in [5.74, 6) is -2.62. The first-order valence-corrected chi connectivity index (χ1v) is 8.44. The van der Waals surface area contributed by atoms with Crippen molar-refractivity contribution in [3.63, 3.8) is 0 Å². The van der Waals surface area contributed by atoms with E-state index in [0.29, 0.717) is 17.1 Å². The highest BCUT2D eigenvalue weighted by Crippen LogP contribution is 2.36. The van der Waals surface area contributed by atoms with Crippen LogP contribution in [0.5, 0.6) is 5.75 Å². The van der Waals surface area contributed by atoms with Gasteiger partial charge in [0.2, 0.25) is 6.10 Å². The van der Waals surface area contributed by atoms with E-state index in [9.17, 15) is 18.4 Å². The molecule has 0 aromatic heterocycles. The summed E-state index contributed by atoms with van der Waals surface area (Å²) in [5.41, 5.74) is 1.47. The third kappa shape index (κ3) is 3.42. The summed E-state index contributed by atoms with van der Waals surface area (Å²) in [6.07, 6.45) is -0.767. The summed E-state index contributed by atoms with van der Waals surface area (Å²) in [4.78, 5) is 24.6. The Hall–Kier alpha value is -3.74. The Morgan fingerprint density at radius 2 is 1.75 bits per heavy atom. The Labute approximate surface area is 159 Å². The molecule has 0 spiro atoms. The maximum atomic E-state index is 13.3. The number of benzene rings is 3. The van der Waals surface area contributed by atoms with Gasteiger partial charge in [0.1, 0.15) is 5.75 Å². The Bertz CT molecular complexity index is 1070. The van der Waals surface area contributed by atoms with Crippen molar-refractivity contribution < 1.29 is 23.1 Å². The zero-order valence-electron chi connectivity index (χ0n) is 14.4. The van der Waals surface area contributed by atoms with Gasteiger partial charge in [-0.1, -0.05) is 30.3 Å². The number of hydrogen-bond donors (Lipinski definition) is 2. The number of amides is 2. The summed E-state index contributed by atoms with van der Waals surface area (Å²) in [6, 6.07) is 16.7. The second kappa shape index (κ2) is 7.11. The molecule has 0 saturated heterocycles. The number of halogens is 2. The molecule has 1 heterocycles. The van der Waals surface area contributed by atoms with Gasteiger partial charge >= 0.3 is 0 Å². The lowest BCUT2D eigenvalue weighted by Crippen LogP contribution is -2.30. The van der Waals surface area contributed by atoms with Gasteiger partial charge in [0.25, 0.3) is 11.8 Å². The minimum atomic E-state index is -1.11. The molecule has 7 heteroatoms. The normalized spacial score (nSPS) is 15.2. The fourth-order valence-electron chi connectivity index (χ4n) is 2.87. The van der Waals surface area contributed by atoms with Gasteiger partial charge in [0.05, 0.1) is 5.69 Å². The van der Waals surface area contributed by atoms with E-state index in [-0.39, 0.29) is 11.5 Å². The maximum absolute atomic E-state index is 13.3. The molecule has 3 aromatic rings. The average molecular weight is 380 g/mol. The molecular weight excluding hydrogens is 366 g/mol. The van der Waals surface area contributed by atoms with Gasteiger partial charge < -0.3 is 15.4 Å². The Morgan fingerprint density at radius 1 is 0.964 bits per heavy atom. The number of anilines is 2. The SMILES string of the molecule is O=C(Nc1ccc2c(c1)NC(=O)C(c1ccccc1)O2)c1ccc(F)c(F)c1. The Balaban J connectivity index is 1.53. The van der Waals surface area contributed by atoms with Gasteiger partial charge in [-0.05, 0) is 36.4 Å².